The molecule has 22 heavy (non-hydrogen) atoms. The van der Waals surface area contributed by atoms with E-state index < -0.39 is 0 Å². The molecule has 2 rings (SSSR count). The van der Waals surface area contributed by atoms with Crippen LogP contribution in [0.4, 0.5) is 0 Å². The van der Waals surface area contributed by atoms with Gasteiger partial charge in [0.15, 0.2) is 0 Å². The second kappa shape index (κ2) is 8.35. The average Bonchev–Trinajstić information content (AvgIpc) is 2.54. The summed E-state index contributed by atoms with van der Waals surface area (Å²) in [6.07, 6.45) is 0. The van der Waals surface area contributed by atoms with Crippen molar-refractivity contribution in [1.82, 2.24) is 10.2 Å². The summed E-state index contributed by atoms with van der Waals surface area (Å²) in [5.74, 6) is 0.0679. The van der Waals surface area contributed by atoms with Gasteiger partial charge in [-0.05, 0) is 24.6 Å². The summed E-state index contributed by atoms with van der Waals surface area (Å²) in [5, 5.41) is 2.99. The molecule has 2 aromatic rings. The van der Waals surface area contributed by atoms with Crippen molar-refractivity contribution in [3.05, 3.63) is 71.3 Å². The maximum Gasteiger partial charge on any atom is 0.234 e. The zero-order valence-corrected chi connectivity index (χ0v) is 13.4. The molecule has 0 aliphatic carbocycles. The highest BCUT2D eigenvalue weighted by Gasteiger charge is 2.09. The molecule has 0 heterocycles. The normalized spacial score (nSPS) is 10.7. The van der Waals surface area contributed by atoms with Gasteiger partial charge in [-0.2, -0.15) is 0 Å². The molecule has 3 nitrogen and oxygen atoms in total. The molecule has 0 spiro atoms. The SMILES string of the molecule is CCN(CC(=O)NCc1ccc(C)cc1)Cc1ccccc1. The van der Waals surface area contributed by atoms with E-state index in [4.69, 9.17) is 0 Å². The average molecular weight is 296 g/mol. The van der Waals surface area contributed by atoms with Gasteiger partial charge in [-0.3, -0.25) is 9.69 Å². The molecule has 0 radical (unpaired) electrons. The van der Waals surface area contributed by atoms with E-state index in [-0.39, 0.29) is 5.91 Å². The van der Waals surface area contributed by atoms with E-state index in [1.54, 1.807) is 0 Å². The number of amides is 1. The fourth-order valence-corrected chi connectivity index (χ4v) is 2.29. The number of nitrogens with one attached hydrogen (secondary N) is 1. The molecule has 0 saturated carbocycles. The number of aryl methyl sites for hydroxylation is 1. The molecule has 0 aromatic heterocycles. The Labute approximate surface area is 133 Å². The van der Waals surface area contributed by atoms with Crippen molar-refractivity contribution in [3.63, 3.8) is 0 Å². The number of nitrogens with zero attached hydrogens (tertiary/aromatic N) is 1. The minimum atomic E-state index is 0.0679. The lowest BCUT2D eigenvalue weighted by Crippen LogP contribution is -2.36. The lowest BCUT2D eigenvalue weighted by Gasteiger charge is -2.20. The molecule has 0 saturated heterocycles. The lowest BCUT2D eigenvalue weighted by atomic mass is 10.1. The molecule has 1 amide bonds. The Bertz CT molecular complexity index is 578. The number of likely N-dealkylation sites (N-methyl/N-ethyl adjacent to an activating group) is 1. The third kappa shape index (κ3) is 5.34. The van der Waals surface area contributed by atoms with Gasteiger partial charge in [0.05, 0.1) is 6.54 Å². The lowest BCUT2D eigenvalue weighted by molar-refractivity contribution is -0.122. The molecular formula is C19H24N2O. The van der Waals surface area contributed by atoms with Crippen LogP contribution in [0.5, 0.6) is 0 Å². The number of carbonyl (C=O) groups excluding carboxylic acids is 1. The van der Waals surface area contributed by atoms with E-state index >= 15 is 0 Å². The summed E-state index contributed by atoms with van der Waals surface area (Å²) >= 11 is 0. The summed E-state index contributed by atoms with van der Waals surface area (Å²) in [6, 6.07) is 18.5. The highest BCUT2D eigenvalue weighted by atomic mass is 16.2. The monoisotopic (exact) mass is 296 g/mol. The number of benzene rings is 2. The fourth-order valence-electron chi connectivity index (χ4n) is 2.29. The van der Waals surface area contributed by atoms with Gasteiger partial charge >= 0.3 is 0 Å². The van der Waals surface area contributed by atoms with E-state index in [2.05, 4.69) is 60.5 Å². The van der Waals surface area contributed by atoms with Crippen molar-refractivity contribution in [2.75, 3.05) is 13.1 Å². The topological polar surface area (TPSA) is 32.3 Å². The van der Waals surface area contributed by atoms with E-state index in [0.717, 1.165) is 18.7 Å². The first-order chi connectivity index (χ1) is 10.7. The predicted molar refractivity (Wildman–Crippen MR) is 90.4 cm³/mol. The van der Waals surface area contributed by atoms with Crippen LogP contribution in [0.1, 0.15) is 23.6 Å². The van der Waals surface area contributed by atoms with E-state index in [1.807, 2.05) is 18.2 Å². The van der Waals surface area contributed by atoms with Crippen molar-refractivity contribution in [2.24, 2.45) is 0 Å². The van der Waals surface area contributed by atoms with Crippen LogP contribution in [0.25, 0.3) is 0 Å². The molecule has 0 fully saturated rings. The molecule has 0 aliphatic heterocycles. The Balaban J connectivity index is 1.80. The second-order valence-electron chi connectivity index (χ2n) is 5.55. The minimum Gasteiger partial charge on any atom is -0.351 e. The van der Waals surface area contributed by atoms with Crippen LogP contribution in [0.15, 0.2) is 54.6 Å². The van der Waals surface area contributed by atoms with Gasteiger partial charge in [0.25, 0.3) is 0 Å². The Hall–Kier alpha value is -2.13. The zero-order valence-electron chi connectivity index (χ0n) is 13.4. The first kappa shape index (κ1) is 16.2. The number of hydrogen-bond donors (Lipinski definition) is 1. The summed E-state index contributed by atoms with van der Waals surface area (Å²) in [6.45, 7) is 6.81. The van der Waals surface area contributed by atoms with Crippen molar-refractivity contribution in [2.45, 2.75) is 26.9 Å². The molecular weight excluding hydrogens is 272 g/mol. The van der Waals surface area contributed by atoms with Crippen molar-refractivity contribution in [3.8, 4) is 0 Å². The molecule has 0 bridgehead atoms. The highest BCUT2D eigenvalue weighted by molar-refractivity contribution is 5.78. The van der Waals surface area contributed by atoms with Crippen molar-refractivity contribution < 1.29 is 4.79 Å². The third-order valence-electron chi connectivity index (χ3n) is 3.67. The van der Waals surface area contributed by atoms with Gasteiger partial charge in [-0.15, -0.1) is 0 Å². The van der Waals surface area contributed by atoms with Crippen LogP contribution in [0.3, 0.4) is 0 Å². The Morgan fingerprint density at radius 3 is 2.32 bits per heavy atom. The molecule has 0 atom stereocenters. The van der Waals surface area contributed by atoms with Gasteiger partial charge in [0.1, 0.15) is 0 Å². The Kier molecular flexibility index (Phi) is 6.16. The quantitative estimate of drug-likeness (QED) is 0.851. The predicted octanol–water partition coefficient (Wildman–Crippen LogP) is 3.13. The molecule has 2 aromatic carbocycles. The number of hydrogen-bond acceptors (Lipinski definition) is 2. The fraction of sp³-hybridized carbons (Fsp3) is 0.316. The van der Waals surface area contributed by atoms with Gasteiger partial charge < -0.3 is 5.32 Å². The van der Waals surface area contributed by atoms with Crippen LogP contribution in [-0.2, 0) is 17.9 Å². The third-order valence-corrected chi connectivity index (χ3v) is 3.67. The van der Waals surface area contributed by atoms with Crippen LogP contribution < -0.4 is 5.32 Å². The van der Waals surface area contributed by atoms with Crippen molar-refractivity contribution >= 4 is 5.91 Å². The van der Waals surface area contributed by atoms with Crippen LogP contribution >= 0.6 is 0 Å². The van der Waals surface area contributed by atoms with Gasteiger partial charge in [-0.25, -0.2) is 0 Å². The summed E-state index contributed by atoms with van der Waals surface area (Å²) in [5.41, 5.74) is 3.59. The van der Waals surface area contributed by atoms with E-state index in [0.29, 0.717) is 13.1 Å². The van der Waals surface area contributed by atoms with Gasteiger partial charge in [-0.1, -0.05) is 67.1 Å². The Morgan fingerprint density at radius 1 is 1.00 bits per heavy atom. The largest absolute Gasteiger partial charge is 0.351 e. The summed E-state index contributed by atoms with van der Waals surface area (Å²) in [4.78, 5) is 14.2. The van der Waals surface area contributed by atoms with E-state index in [9.17, 15) is 4.79 Å². The highest BCUT2D eigenvalue weighted by Crippen LogP contribution is 2.05. The maximum absolute atomic E-state index is 12.1. The van der Waals surface area contributed by atoms with Crippen LogP contribution in [0, 0.1) is 6.92 Å². The van der Waals surface area contributed by atoms with Gasteiger partial charge in [0.2, 0.25) is 5.91 Å². The summed E-state index contributed by atoms with van der Waals surface area (Å²) in [7, 11) is 0. The van der Waals surface area contributed by atoms with Crippen LogP contribution in [0.2, 0.25) is 0 Å². The van der Waals surface area contributed by atoms with Crippen molar-refractivity contribution in [1.29, 1.82) is 0 Å². The molecule has 1 N–H and O–H groups in total. The van der Waals surface area contributed by atoms with Gasteiger partial charge in [0, 0.05) is 13.1 Å². The smallest absolute Gasteiger partial charge is 0.234 e. The molecule has 0 aliphatic rings. The maximum atomic E-state index is 12.1. The second-order valence-corrected chi connectivity index (χ2v) is 5.55. The minimum absolute atomic E-state index is 0.0679. The van der Waals surface area contributed by atoms with E-state index in [1.165, 1.54) is 11.1 Å². The molecule has 116 valence electrons. The standard InChI is InChI=1S/C19H24N2O/c1-3-21(14-18-7-5-4-6-8-18)15-19(22)20-13-17-11-9-16(2)10-12-17/h4-12H,3,13-15H2,1-2H3,(H,20,22). The number of rotatable bonds is 7. The van der Waals surface area contributed by atoms with Crippen LogP contribution in [-0.4, -0.2) is 23.9 Å². The molecule has 0 unspecified atom stereocenters. The Morgan fingerprint density at radius 2 is 1.68 bits per heavy atom. The number of carbonyl (C=O) groups is 1. The zero-order chi connectivity index (χ0) is 15.8. The first-order valence-electron chi connectivity index (χ1n) is 7.76. The molecule has 3 heteroatoms. The summed E-state index contributed by atoms with van der Waals surface area (Å²) < 4.78 is 0. The first-order valence-corrected chi connectivity index (χ1v) is 7.76.